The summed E-state index contributed by atoms with van der Waals surface area (Å²) in [4.78, 5) is 1.23. The molecule has 2 heteroatoms. The molecule has 0 aliphatic carbocycles. The molecule has 0 spiro atoms. The first-order valence-electron chi connectivity index (χ1n) is 3.32. The summed E-state index contributed by atoms with van der Waals surface area (Å²) in [6.45, 7) is 3.65. The van der Waals surface area contributed by atoms with Crippen molar-refractivity contribution in [2.75, 3.05) is 5.75 Å². The maximum atomic E-state index is 5.72. The molecule has 58 valence electrons. The summed E-state index contributed by atoms with van der Waals surface area (Å²) in [5.74, 6) is 0.946. The molecule has 0 radical (unpaired) electrons. The molecule has 1 rings (SSSR count). The van der Waals surface area contributed by atoms with Crippen LogP contribution in [-0.2, 0) is 0 Å². The normalized spacial score (nSPS) is 9.55. The van der Waals surface area contributed by atoms with Gasteiger partial charge in [-0.15, -0.1) is 18.3 Å². The minimum absolute atomic E-state index is 0.785. The standard InChI is InChI=1S/C9H9ClS/c1-2-7-11-9-5-3-8(10)4-6-9/h2-6H,1,7H2. The highest BCUT2D eigenvalue weighted by Gasteiger charge is 1.90. The lowest BCUT2D eigenvalue weighted by molar-refractivity contribution is 1.46. The van der Waals surface area contributed by atoms with Crippen LogP contribution in [0, 0.1) is 0 Å². The van der Waals surface area contributed by atoms with E-state index in [9.17, 15) is 0 Å². The van der Waals surface area contributed by atoms with Crippen molar-refractivity contribution in [2.24, 2.45) is 0 Å². The Bertz CT molecular complexity index is 228. The van der Waals surface area contributed by atoms with Crippen LogP contribution in [0.4, 0.5) is 0 Å². The number of benzene rings is 1. The van der Waals surface area contributed by atoms with Crippen molar-refractivity contribution in [1.29, 1.82) is 0 Å². The second-order valence-corrected chi connectivity index (χ2v) is 3.58. The number of hydrogen-bond acceptors (Lipinski definition) is 1. The molecule has 0 saturated heterocycles. The molecule has 1 aromatic rings. The van der Waals surface area contributed by atoms with Gasteiger partial charge in [0.1, 0.15) is 0 Å². The van der Waals surface area contributed by atoms with Gasteiger partial charge < -0.3 is 0 Å². The quantitative estimate of drug-likeness (QED) is 0.511. The molecular weight excluding hydrogens is 176 g/mol. The lowest BCUT2D eigenvalue weighted by Gasteiger charge is -1.96. The van der Waals surface area contributed by atoms with Gasteiger partial charge >= 0.3 is 0 Å². The van der Waals surface area contributed by atoms with Crippen LogP contribution in [0.5, 0.6) is 0 Å². The molecule has 1 aromatic carbocycles. The van der Waals surface area contributed by atoms with E-state index in [2.05, 4.69) is 6.58 Å². The number of halogens is 1. The van der Waals surface area contributed by atoms with Gasteiger partial charge in [-0.2, -0.15) is 0 Å². The largest absolute Gasteiger partial charge is 0.122 e. The van der Waals surface area contributed by atoms with Gasteiger partial charge in [-0.1, -0.05) is 17.7 Å². The van der Waals surface area contributed by atoms with E-state index >= 15 is 0 Å². The van der Waals surface area contributed by atoms with E-state index in [1.54, 1.807) is 11.8 Å². The van der Waals surface area contributed by atoms with Crippen LogP contribution in [0.3, 0.4) is 0 Å². The molecule has 0 N–H and O–H groups in total. The van der Waals surface area contributed by atoms with Crippen LogP contribution in [-0.4, -0.2) is 5.75 Å². The van der Waals surface area contributed by atoms with Crippen molar-refractivity contribution >= 4 is 23.4 Å². The monoisotopic (exact) mass is 184 g/mol. The van der Waals surface area contributed by atoms with Gasteiger partial charge in [-0.3, -0.25) is 0 Å². The maximum absolute atomic E-state index is 5.72. The van der Waals surface area contributed by atoms with Crippen LogP contribution < -0.4 is 0 Å². The van der Waals surface area contributed by atoms with E-state index in [0.29, 0.717) is 0 Å². The first kappa shape index (κ1) is 8.69. The zero-order chi connectivity index (χ0) is 8.10. The van der Waals surface area contributed by atoms with Crippen molar-refractivity contribution in [3.05, 3.63) is 41.9 Å². The Morgan fingerprint density at radius 1 is 1.36 bits per heavy atom. The van der Waals surface area contributed by atoms with Crippen LogP contribution >= 0.6 is 23.4 Å². The third-order valence-corrected chi connectivity index (χ3v) is 2.44. The highest BCUT2D eigenvalue weighted by Crippen LogP contribution is 2.19. The molecule has 0 aromatic heterocycles. The molecule has 11 heavy (non-hydrogen) atoms. The van der Waals surface area contributed by atoms with E-state index in [-0.39, 0.29) is 0 Å². The average Bonchev–Trinajstić information content (AvgIpc) is 2.04. The van der Waals surface area contributed by atoms with E-state index in [1.807, 2.05) is 30.3 Å². The highest BCUT2D eigenvalue weighted by molar-refractivity contribution is 7.99. The van der Waals surface area contributed by atoms with Gasteiger partial charge in [0.25, 0.3) is 0 Å². The second kappa shape index (κ2) is 4.47. The van der Waals surface area contributed by atoms with Gasteiger partial charge in [0, 0.05) is 15.7 Å². The van der Waals surface area contributed by atoms with Crippen molar-refractivity contribution < 1.29 is 0 Å². The molecule has 0 bridgehead atoms. The minimum Gasteiger partial charge on any atom is -0.122 e. The van der Waals surface area contributed by atoms with Crippen LogP contribution in [0.1, 0.15) is 0 Å². The second-order valence-electron chi connectivity index (χ2n) is 2.05. The Hall–Kier alpha value is -0.400. The fraction of sp³-hybridized carbons (Fsp3) is 0.111. The van der Waals surface area contributed by atoms with Gasteiger partial charge in [0.15, 0.2) is 0 Å². The summed E-state index contributed by atoms with van der Waals surface area (Å²) in [5.41, 5.74) is 0. The zero-order valence-corrected chi connectivity index (χ0v) is 7.66. The fourth-order valence-electron chi connectivity index (χ4n) is 0.686. The molecule has 0 fully saturated rings. The summed E-state index contributed by atoms with van der Waals surface area (Å²) in [5, 5.41) is 0.785. The van der Waals surface area contributed by atoms with E-state index < -0.39 is 0 Å². The number of hydrogen-bond donors (Lipinski definition) is 0. The minimum atomic E-state index is 0.785. The molecular formula is C9H9ClS. The Labute approximate surface area is 76.3 Å². The molecule has 0 heterocycles. The van der Waals surface area contributed by atoms with Crippen molar-refractivity contribution in [3.63, 3.8) is 0 Å². The lowest BCUT2D eigenvalue weighted by atomic mass is 10.4. The Balaban J connectivity index is 2.58. The summed E-state index contributed by atoms with van der Waals surface area (Å²) in [6.07, 6.45) is 1.89. The van der Waals surface area contributed by atoms with Crippen LogP contribution in [0.2, 0.25) is 5.02 Å². The lowest BCUT2D eigenvalue weighted by Crippen LogP contribution is -1.71. The highest BCUT2D eigenvalue weighted by atomic mass is 35.5. The molecule has 0 saturated carbocycles. The Morgan fingerprint density at radius 3 is 2.55 bits per heavy atom. The molecule has 0 aliphatic heterocycles. The smallest absolute Gasteiger partial charge is 0.0406 e. The van der Waals surface area contributed by atoms with Crippen LogP contribution in [0.15, 0.2) is 41.8 Å². The zero-order valence-electron chi connectivity index (χ0n) is 6.09. The van der Waals surface area contributed by atoms with E-state index in [4.69, 9.17) is 11.6 Å². The van der Waals surface area contributed by atoms with Crippen LogP contribution in [0.25, 0.3) is 0 Å². The van der Waals surface area contributed by atoms with Gasteiger partial charge in [0.05, 0.1) is 0 Å². The molecule has 0 atom stereocenters. The summed E-state index contributed by atoms with van der Waals surface area (Å²) in [7, 11) is 0. The Morgan fingerprint density at radius 2 is 2.00 bits per heavy atom. The molecule has 0 aliphatic rings. The SMILES string of the molecule is C=CCSc1ccc(Cl)cc1. The van der Waals surface area contributed by atoms with Crippen molar-refractivity contribution in [3.8, 4) is 0 Å². The molecule has 0 amide bonds. The number of thioether (sulfide) groups is 1. The predicted octanol–water partition coefficient (Wildman–Crippen LogP) is 3.62. The third kappa shape index (κ3) is 3.00. The molecule has 0 unspecified atom stereocenters. The molecule has 0 nitrogen and oxygen atoms in total. The van der Waals surface area contributed by atoms with Gasteiger partial charge in [-0.25, -0.2) is 0 Å². The first-order chi connectivity index (χ1) is 5.33. The Kier molecular flexibility index (Phi) is 3.53. The average molecular weight is 185 g/mol. The third-order valence-electron chi connectivity index (χ3n) is 1.18. The number of rotatable bonds is 3. The van der Waals surface area contributed by atoms with Gasteiger partial charge in [0.2, 0.25) is 0 Å². The fourth-order valence-corrected chi connectivity index (χ4v) is 1.45. The summed E-state index contributed by atoms with van der Waals surface area (Å²) < 4.78 is 0. The predicted molar refractivity (Wildman–Crippen MR) is 52.4 cm³/mol. The summed E-state index contributed by atoms with van der Waals surface area (Å²) in [6, 6.07) is 7.81. The topological polar surface area (TPSA) is 0 Å². The van der Waals surface area contributed by atoms with Gasteiger partial charge in [-0.05, 0) is 24.3 Å². The van der Waals surface area contributed by atoms with Crippen molar-refractivity contribution in [1.82, 2.24) is 0 Å². The maximum Gasteiger partial charge on any atom is 0.0406 e. The summed E-state index contributed by atoms with van der Waals surface area (Å²) >= 11 is 7.47. The first-order valence-corrected chi connectivity index (χ1v) is 4.68. The van der Waals surface area contributed by atoms with E-state index in [0.717, 1.165) is 10.8 Å². The van der Waals surface area contributed by atoms with E-state index in [1.165, 1.54) is 4.90 Å². The van der Waals surface area contributed by atoms with Crippen molar-refractivity contribution in [2.45, 2.75) is 4.90 Å².